The fraction of sp³-hybridized carbons (Fsp3) is 0.429. The molecule has 5 nitrogen and oxygen atoms in total. The summed E-state index contributed by atoms with van der Waals surface area (Å²) in [6.45, 7) is 5.83. The molecule has 1 aliphatic heterocycles. The predicted octanol–water partition coefficient (Wildman–Crippen LogP) is 3.59. The van der Waals surface area contributed by atoms with E-state index in [-0.39, 0.29) is 6.04 Å². The Morgan fingerprint density at radius 3 is 2.44 bits per heavy atom. The highest BCUT2D eigenvalue weighted by atomic mass is 35.5. The third-order valence-electron chi connectivity index (χ3n) is 4.82. The van der Waals surface area contributed by atoms with Gasteiger partial charge in [-0.25, -0.2) is 0 Å². The summed E-state index contributed by atoms with van der Waals surface area (Å²) in [6, 6.07) is 13.7. The predicted molar refractivity (Wildman–Crippen MR) is 108 cm³/mol. The number of nitrogens with zero attached hydrogens (tertiary/aromatic N) is 1. The topological polar surface area (TPSA) is 57.0 Å². The van der Waals surface area contributed by atoms with Gasteiger partial charge in [0.1, 0.15) is 19.0 Å². The zero-order valence-electron chi connectivity index (χ0n) is 15.9. The van der Waals surface area contributed by atoms with Gasteiger partial charge in [0, 0.05) is 25.7 Å². The van der Waals surface area contributed by atoms with Crippen molar-refractivity contribution in [3.8, 4) is 17.2 Å². The highest BCUT2D eigenvalue weighted by molar-refractivity contribution is 6.32. The van der Waals surface area contributed by atoms with Crippen molar-refractivity contribution >= 4 is 11.6 Å². The second-order valence-corrected chi connectivity index (χ2v) is 7.35. The van der Waals surface area contributed by atoms with E-state index in [1.54, 1.807) is 13.2 Å². The Labute approximate surface area is 166 Å². The van der Waals surface area contributed by atoms with Gasteiger partial charge >= 0.3 is 0 Å². The van der Waals surface area contributed by atoms with Crippen LogP contribution in [0, 0.1) is 5.92 Å². The Morgan fingerprint density at radius 2 is 1.78 bits per heavy atom. The first-order chi connectivity index (χ1) is 13.1. The molecule has 0 spiro atoms. The number of hydrogen-bond acceptors (Lipinski definition) is 5. The Hall–Kier alpha value is -1.95. The Bertz CT molecular complexity index is 746. The summed E-state index contributed by atoms with van der Waals surface area (Å²) < 4.78 is 17.0. The van der Waals surface area contributed by atoms with Crippen molar-refractivity contribution in [2.75, 3.05) is 33.4 Å². The van der Waals surface area contributed by atoms with Crippen LogP contribution in [-0.4, -0.2) is 44.4 Å². The van der Waals surface area contributed by atoms with Gasteiger partial charge in [-0.05, 0) is 35.7 Å². The molecule has 2 aromatic carbocycles. The number of ether oxygens (including phenoxy) is 3. The maximum absolute atomic E-state index is 6.12. The number of benzene rings is 2. The van der Waals surface area contributed by atoms with Gasteiger partial charge in [-0.1, -0.05) is 36.7 Å². The van der Waals surface area contributed by atoms with E-state index < -0.39 is 0 Å². The van der Waals surface area contributed by atoms with Crippen LogP contribution in [0.3, 0.4) is 0 Å². The van der Waals surface area contributed by atoms with Gasteiger partial charge in [0.2, 0.25) is 0 Å². The van der Waals surface area contributed by atoms with Crippen LogP contribution < -0.4 is 19.9 Å². The van der Waals surface area contributed by atoms with Gasteiger partial charge in [0.05, 0.1) is 12.1 Å². The van der Waals surface area contributed by atoms with Gasteiger partial charge in [-0.3, -0.25) is 4.90 Å². The van der Waals surface area contributed by atoms with Crippen LogP contribution >= 0.6 is 11.6 Å². The molecule has 3 rings (SSSR count). The molecular weight excluding hydrogens is 364 g/mol. The fourth-order valence-electron chi connectivity index (χ4n) is 3.28. The number of nitrogens with two attached hydrogens (primary N) is 1. The lowest BCUT2D eigenvalue weighted by atomic mass is 10.1. The Morgan fingerprint density at radius 1 is 1.04 bits per heavy atom. The van der Waals surface area contributed by atoms with E-state index in [4.69, 9.17) is 31.5 Å². The molecule has 1 fully saturated rings. The first-order valence-electron chi connectivity index (χ1n) is 9.22. The van der Waals surface area contributed by atoms with E-state index >= 15 is 0 Å². The zero-order valence-corrected chi connectivity index (χ0v) is 16.6. The molecule has 0 amide bonds. The normalized spacial score (nSPS) is 19.9. The monoisotopic (exact) mass is 390 g/mol. The van der Waals surface area contributed by atoms with Crippen molar-refractivity contribution in [2.24, 2.45) is 11.7 Å². The van der Waals surface area contributed by atoms with Gasteiger partial charge in [0.25, 0.3) is 0 Å². The quantitative estimate of drug-likeness (QED) is 0.698. The maximum Gasteiger partial charge on any atom is 0.161 e. The third-order valence-corrected chi connectivity index (χ3v) is 5.13. The van der Waals surface area contributed by atoms with Gasteiger partial charge < -0.3 is 19.9 Å². The average Bonchev–Trinajstić information content (AvgIpc) is 2.98. The van der Waals surface area contributed by atoms with Crippen molar-refractivity contribution in [3.63, 3.8) is 0 Å². The molecule has 2 atom stereocenters. The van der Waals surface area contributed by atoms with Crippen LogP contribution in [0.5, 0.6) is 17.2 Å². The van der Waals surface area contributed by atoms with Crippen LogP contribution in [0.4, 0.5) is 0 Å². The Balaban J connectivity index is 1.52. The molecule has 1 aliphatic rings. The summed E-state index contributed by atoms with van der Waals surface area (Å²) in [4.78, 5) is 2.38. The molecular formula is C21H27ClN2O3. The third kappa shape index (κ3) is 5.28. The number of para-hydroxylation sites is 1. The van der Waals surface area contributed by atoms with Crippen LogP contribution in [0.2, 0.25) is 5.02 Å². The minimum absolute atomic E-state index is 0.257. The van der Waals surface area contributed by atoms with E-state index in [0.717, 1.165) is 25.4 Å². The average molecular weight is 391 g/mol. The summed E-state index contributed by atoms with van der Waals surface area (Å²) in [5, 5.41) is 0.593. The number of halogens is 1. The Kier molecular flexibility index (Phi) is 6.83. The van der Waals surface area contributed by atoms with E-state index in [0.29, 0.717) is 35.7 Å². The number of methoxy groups -OCH3 is 1. The summed E-state index contributed by atoms with van der Waals surface area (Å²) in [5.41, 5.74) is 7.30. The summed E-state index contributed by atoms with van der Waals surface area (Å²) in [6.07, 6.45) is 0. The molecule has 6 heteroatoms. The highest BCUT2D eigenvalue weighted by Crippen LogP contribution is 2.29. The molecule has 0 bridgehead atoms. The summed E-state index contributed by atoms with van der Waals surface area (Å²) in [7, 11) is 1.65. The molecule has 27 heavy (non-hydrogen) atoms. The molecule has 0 saturated carbocycles. The number of rotatable bonds is 8. The van der Waals surface area contributed by atoms with E-state index in [9.17, 15) is 0 Å². The van der Waals surface area contributed by atoms with Crippen LogP contribution in [0.1, 0.15) is 12.5 Å². The number of hydrogen-bond donors (Lipinski definition) is 1. The summed E-state index contributed by atoms with van der Waals surface area (Å²) in [5.74, 6) is 2.62. The van der Waals surface area contributed by atoms with Crippen molar-refractivity contribution in [2.45, 2.75) is 19.5 Å². The van der Waals surface area contributed by atoms with Crippen LogP contribution in [0.15, 0.2) is 42.5 Å². The van der Waals surface area contributed by atoms with Gasteiger partial charge in [0.15, 0.2) is 11.5 Å². The lowest BCUT2D eigenvalue weighted by Crippen LogP contribution is -2.28. The van der Waals surface area contributed by atoms with Crippen molar-refractivity contribution in [3.05, 3.63) is 53.1 Å². The molecule has 146 valence electrons. The molecule has 2 aromatic rings. The molecule has 0 aromatic heterocycles. The van der Waals surface area contributed by atoms with Gasteiger partial charge in [-0.2, -0.15) is 0 Å². The second kappa shape index (κ2) is 9.31. The number of likely N-dealkylation sites (tertiary alicyclic amines) is 1. The SMILES string of the molecule is COc1cc(CN2CC(C)C(N)C2)ccc1OCCOc1ccccc1Cl. The maximum atomic E-state index is 6.12. The minimum atomic E-state index is 0.257. The smallest absolute Gasteiger partial charge is 0.161 e. The molecule has 2 unspecified atom stereocenters. The van der Waals surface area contributed by atoms with E-state index in [1.807, 2.05) is 30.3 Å². The molecule has 0 radical (unpaired) electrons. The molecule has 0 aliphatic carbocycles. The van der Waals surface area contributed by atoms with E-state index in [2.05, 4.69) is 17.9 Å². The highest BCUT2D eigenvalue weighted by Gasteiger charge is 2.26. The van der Waals surface area contributed by atoms with Crippen LogP contribution in [0.25, 0.3) is 0 Å². The minimum Gasteiger partial charge on any atom is -0.493 e. The lowest BCUT2D eigenvalue weighted by Gasteiger charge is -2.17. The van der Waals surface area contributed by atoms with Crippen molar-refractivity contribution in [1.82, 2.24) is 4.90 Å². The van der Waals surface area contributed by atoms with Crippen molar-refractivity contribution in [1.29, 1.82) is 0 Å². The van der Waals surface area contributed by atoms with Gasteiger partial charge in [-0.15, -0.1) is 0 Å². The first-order valence-corrected chi connectivity index (χ1v) is 9.59. The fourth-order valence-corrected chi connectivity index (χ4v) is 3.47. The van der Waals surface area contributed by atoms with Crippen LogP contribution in [-0.2, 0) is 6.54 Å². The van der Waals surface area contributed by atoms with E-state index in [1.165, 1.54) is 5.56 Å². The van der Waals surface area contributed by atoms with Crippen molar-refractivity contribution < 1.29 is 14.2 Å². The lowest BCUT2D eigenvalue weighted by molar-refractivity contribution is 0.211. The largest absolute Gasteiger partial charge is 0.493 e. The summed E-state index contributed by atoms with van der Waals surface area (Å²) >= 11 is 6.08. The molecule has 2 N–H and O–H groups in total. The molecule has 1 heterocycles. The zero-order chi connectivity index (χ0) is 19.2. The second-order valence-electron chi connectivity index (χ2n) is 6.95. The molecule has 1 saturated heterocycles. The first kappa shape index (κ1) is 19.8. The standard InChI is InChI=1S/C21H27ClN2O3/c1-15-12-24(14-18(15)23)13-16-7-8-20(21(11-16)25-2)27-10-9-26-19-6-4-3-5-17(19)22/h3-8,11,15,18H,9-10,12-14,23H2,1-2H3.